The van der Waals surface area contributed by atoms with Crippen LogP contribution in [0.1, 0.15) is 41.6 Å². The number of amides is 2. The molecule has 27 heavy (non-hydrogen) atoms. The third-order valence-electron chi connectivity index (χ3n) is 5.49. The van der Waals surface area contributed by atoms with Crippen LogP contribution in [0, 0.1) is 0 Å². The van der Waals surface area contributed by atoms with E-state index in [1.165, 1.54) is 11.1 Å². The van der Waals surface area contributed by atoms with Crippen molar-refractivity contribution in [3.05, 3.63) is 47.1 Å². The van der Waals surface area contributed by atoms with Crippen molar-refractivity contribution in [3.63, 3.8) is 0 Å². The van der Waals surface area contributed by atoms with Gasteiger partial charge >= 0.3 is 6.03 Å². The maximum absolute atomic E-state index is 12.4. The summed E-state index contributed by atoms with van der Waals surface area (Å²) in [5, 5.41) is 6.95. The molecule has 0 spiro atoms. The van der Waals surface area contributed by atoms with Gasteiger partial charge in [-0.2, -0.15) is 4.98 Å². The Bertz CT molecular complexity index is 801. The number of rotatable bonds is 6. The van der Waals surface area contributed by atoms with Crippen LogP contribution in [-0.4, -0.2) is 59.2 Å². The molecule has 0 saturated heterocycles. The standard InChI is InChI=1S/C20H27N5O2/c1-24-12-16-6-4-3-5-15(16)11-17(24)13-25(2)20(26)21-10-9-18-22-19(23-27-18)14-7-8-14/h3-6,14,17H,7-13H2,1-2H3,(H,21,26)/t17-/m0/s1. The van der Waals surface area contributed by atoms with Crippen molar-refractivity contribution >= 4 is 6.03 Å². The smallest absolute Gasteiger partial charge is 0.317 e. The molecule has 1 saturated carbocycles. The zero-order valence-electron chi connectivity index (χ0n) is 16.0. The highest BCUT2D eigenvalue weighted by atomic mass is 16.5. The Morgan fingerprint density at radius 2 is 2.11 bits per heavy atom. The van der Waals surface area contributed by atoms with Crippen LogP contribution in [-0.2, 0) is 19.4 Å². The summed E-state index contributed by atoms with van der Waals surface area (Å²) < 4.78 is 5.24. The number of fused-ring (bicyclic) bond motifs is 1. The Morgan fingerprint density at radius 1 is 1.33 bits per heavy atom. The average molecular weight is 369 g/mol. The molecule has 2 aromatic rings. The van der Waals surface area contributed by atoms with Gasteiger partial charge in [0.1, 0.15) is 0 Å². The van der Waals surface area contributed by atoms with Crippen molar-refractivity contribution in [1.29, 1.82) is 0 Å². The number of benzene rings is 1. The third-order valence-corrected chi connectivity index (χ3v) is 5.49. The van der Waals surface area contributed by atoms with Crippen molar-refractivity contribution in [2.75, 3.05) is 27.2 Å². The summed E-state index contributed by atoms with van der Waals surface area (Å²) in [6.45, 7) is 2.12. The van der Waals surface area contributed by atoms with Gasteiger partial charge in [-0.1, -0.05) is 29.4 Å². The van der Waals surface area contributed by atoms with E-state index in [1.807, 2.05) is 7.05 Å². The minimum atomic E-state index is -0.0656. The predicted molar refractivity (Wildman–Crippen MR) is 101 cm³/mol. The summed E-state index contributed by atoms with van der Waals surface area (Å²) in [4.78, 5) is 20.9. The highest BCUT2D eigenvalue weighted by Crippen LogP contribution is 2.38. The summed E-state index contributed by atoms with van der Waals surface area (Å²) in [7, 11) is 3.97. The van der Waals surface area contributed by atoms with Gasteiger partial charge in [0, 0.05) is 45.1 Å². The molecule has 144 valence electrons. The first-order valence-corrected chi connectivity index (χ1v) is 9.68. The third kappa shape index (κ3) is 4.30. The molecule has 1 aliphatic carbocycles. The van der Waals surface area contributed by atoms with E-state index in [1.54, 1.807) is 4.90 Å². The van der Waals surface area contributed by atoms with E-state index in [0.717, 1.165) is 31.6 Å². The zero-order valence-corrected chi connectivity index (χ0v) is 16.0. The molecule has 2 heterocycles. The normalized spacial score (nSPS) is 19.6. The summed E-state index contributed by atoms with van der Waals surface area (Å²) in [5.74, 6) is 1.90. The maximum Gasteiger partial charge on any atom is 0.317 e. The molecule has 1 fully saturated rings. The summed E-state index contributed by atoms with van der Waals surface area (Å²) in [5.41, 5.74) is 2.77. The number of nitrogens with one attached hydrogen (secondary N) is 1. The van der Waals surface area contributed by atoms with Gasteiger partial charge in [-0.15, -0.1) is 0 Å². The number of likely N-dealkylation sites (N-methyl/N-ethyl adjacent to an activating group) is 2. The number of aromatic nitrogens is 2. The Labute approximate surface area is 159 Å². The molecule has 1 aliphatic heterocycles. The van der Waals surface area contributed by atoms with Gasteiger partial charge in [0.05, 0.1) is 0 Å². The summed E-state index contributed by atoms with van der Waals surface area (Å²) in [6.07, 6.45) is 3.84. The minimum Gasteiger partial charge on any atom is -0.339 e. The minimum absolute atomic E-state index is 0.0656. The highest BCUT2D eigenvalue weighted by Gasteiger charge is 2.29. The maximum atomic E-state index is 12.4. The summed E-state index contributed by atoms with van der Waals surface area (Å²) in [6, 6.07) is 8.81. The second-order valence-corrected chi connectivity index (χ2v) is 7.72. The molecule has 0 bridgehead atoms. The molecule has 1 N–H and O–H groups in total. The molecule has 0 radical (unpaired) electrons. The average Bonchev–Trinajstić information content (AvgIpc) is 3.41. The molecule has 7 heteroatoms. The number of urea groups is 1. The van der Waals surface area contributed by atoms with E-state index in [-0.39, 0.29) is 6.03 Å². The first kappa shape index (κ1) is 18.0. The fourth-order valence-electron chi connectivity index (χ4n) is 3.61. The van der Waals surface area contributed by atoms with Gasteiger partial charge in [-0.3, -0.25) is 4.90 Å². The molecular weight excluding hydrogens is 342 g/mol. The lowest BCUT2D eigenvalue weighted by Crippen LogP contribution is -2.48. The quantitative estimate of drug-likeness (QED) is 0.845. The monoisotopic (exact) mass is 369 g/mol. The van der Waals surface area contributed by atoms with Crippen LogP contribution in [0.4, 0.5) is 4.79 Å². The SMILES string of the molecule is CN(C[C@@H]1Cc2ccccc2CN1C)C(=O)NCCc1nc(C2CC2)no1. The zero-order chi connectivity index (χ0) is 18.8. The van der Waals surface area contributed by atoms with E-state index in [4.69, 9.17) is 4.52 Å². The number of nitrogens with zero attached hydrogens (tertiary/aromatic N) is 4. The van der Waals surface area contributed by atoms with Gasteiger partial charge < -0.3 is 14.7 Å². The van der Waals surface area contributed by atoms with E-state index in [2.05, 4.69) is 51.7 Å². The molecule has 2 amide bonds. The second kappa shape index (κ2) is 7.68. The van der Waals surface area contributed by atoms with Gasteiger partial charge in [-0.05, 0) is 37.4 Å². The van der Waals surface area contributed by atoms with E-state index in [0.29, 0.717) is 37.4 Å². The van der Waals surface area contributed by atoms with Gasteiger partial charge in [0.25, 0.3) is 0 Å². The van der Waals surface area contributed by atoms with Crippen LogP contribution in [0.5, 0.6) is 0 Å². The fourth-order valence-corrected chi connectivity index (χ4v) is 3.61. The number of hydrogen-bond acceptors (Lipinski definition) is 5. The van der Waals surface area contributed by atoms with Gasteiger partial charge in [0.2, 0.25) is 5.89 Å². The van der Waals surface area contributed by atoms with Crippen molar-refractivity contribution in [3.8, 4) is 0 Å². The van der Waals surface area contributed by atoms with Crippen molar-refractivity contribution in [1.82, 2.24) is 25.3 Å². The number of hydrogen-bond donors (Lipinski definition) is 1. The fraction of sp³-hybridized carbons (Fsp3) is 0.550. The van der Waals surface area contributed by atoms with Crippen molar-refractivity contribution < 1.29 is 9.32 Å². The predicted octanol–water partition coefficient (Wildman–Crippen LogP) is 2.19. The highest BCUT2D eigenvalue weighted by molar-refractivity contribution is 5.73. The van der Waals surface area contributed by atoms with E-state index < -0.39 is 0 Å². The lowest BCUT2D eigenvalue weighted by molar-refractivity contribution is 0.160. The summed E-state index contributed by atoms with van der Waals surface area (Å²) >= 11 is 0. The Hall–Kier alpha value is -2.41. The molecule has 2 aliphatic rings. The Balaban J connectivity index is 1.24. The van der Waals surface area contributed by atoms with E-state index in [9.17, 15) is 4.79 Å². The van der Waals surface area contributed by atoms with Gasteiger partial charge in [-0.25, -0.2) is 4.79 Å². The Kier molecular flexibility index (Phi) is 5.11. The lowest BCUT2D eigenvalue weighted by Gasteiger charge is -2.36. The number of carbonyl (C=O) groups is 1. The molecule has 1 aromatic heterocycles. The molecule has 0 unspecified atom stereocenters. The molecule has 1 atom stereocenters. The van der Waals surface area contributed by atoms with E-state index >= 15 is 0 Å². The Morgan fingerprint density at radius 3 is 2.89 bits per heavy atom. The number of carbonyl (C=O) groups excluding carboxylic acids is 1. The van der Waals surface area contributed by atoms with Gasteiger partial charge in [0.15, 0.2) is 5.82 Å². The molecule has 1 aromatic carbocycles. The first-order valence-electron chi connectivity index (χ1n) is 9.68. The molecular formula is C20H27N5O2. The largest absolute Gasteiger partial charge is 0.339 e. The molecule has 4 rings (SSSR count). The molecule has 7 nitrogen and oxygen atoms in total. The van der Waals surface area contributed by atoms with Crippen molar-refractivity contribution in [2.24, 2.45) is 0 Å². The topological polar surface area (TPSA) is 74.5 Å². The van der Waals surface area contributed by atoms with Crippen LogP contribution in [0.25, 0.3) is 0 Å². The van der Waals surface area contributed by atoms with Crippen LogP contribution >= 0.6 is 0 Å². The van der Waals surface area contributed by atoms with Crippen molar-refractivity contribution in [2.45, 2.75) is 44.2 Å². The second-order valence-electron chi connectivity index (χ2n) is 7.72. The van der Waals surface area contributed by atoms with Crippen LogP contribution < -0.4 is 5.32 Å². The van der Waals surface area contributed by atoms with Crippen LogP contribution in [0.3, 0.4) is 0 Å². The van der Waals surface area contributed by atoms with Crippen LogP contribution in [0.15, 0.2) is 28.8 Å². The first-order chi connectivity index (χ1) is 13.1. The lowest BCUT2D eigenvalue weighted by atomic mass is 9.94. The van der Waals surface area contributed by atoms with Crippen LogP contribution in [0.2, 0.25) is 0 Å².